The van der Waals surface area contributed by atoms with E-state index >= 15 is 0 Å². The maximum absolute atomic E-state index is 11.9. The number of anilines is 2. The van der Waals surface area contributed by atoms with Gasteiger partial charge < -0.3 is 15.2 Å². The summed E-state index contributed by atoms with van der Waals surface area (Å²) in [5.74, 6) is 0.435. The lowest BCUT2D eigenvalue weighted by Crippen LogP contribution is -2.05. The maximum atomic E-state index is 11.9. The first kappa shape index (κ1) is 11.5. The first-order chi connectivity index (χ1) is 9.16. The van der Waals surface area contributed by atoms with Gasteiger partial charge in [-0.2, -0.15) is 0 Å². The number of amides is 1. The molecule has 0 saturated heterocycles. The van der Waals surface area contributed by atoms with Crippen LogP contribution in [0.5, 0.6) is 0 Å². The van der Waals surface area contributed by atoms with Crippen molar-refractivity contribution in [2.45, 2.75) is 13.8 Å². The third kappa shape index (κ3) is 1.89. The van der Waals surface area contributed by atoms with E-state index in [1.165, 1.54) is 0 Å². The zero-order valence-corrected chi connectivity index (χ0v) is 10.7. The summed E-state index contributed by atoms with van der Waals surface area (Å²) in [6, 6.07) is 7.56. The highest BCUT2D eigenvalue weighted by atomic mass is 16.5. The lowest BCUT2D eigenvalue weighted by molar-refractivity contribution is -0.110. The number of carbonyl (C=O) groups excluding carboxylic acids is 1. The average Bonchev–Trinajstić information content (AvgIpc) is 2.89. The van der Waals surface area contributed by atoms with Crippen molar-refractivity contribution >= 4 is 23.1 Å². The predicted octanol–water partition coefficient (Wildman–Crippen LogP) is 2.70. The molecule has 19 heavy (non-hydrogen) atoms. The average molecular weight is 255 g/mol. The molecule has 0 atom stereocenters. The van der Waals surface area contributed by atoms with Crippen LogP contribution < -0.4 is 10.6 Å². The van der Waals surface area contributed by atoms with E-state index < -0.39 is 0 Å². The van der Waals surface area contributed by atoms with E-state index in [2.05, 4.69) is 15.8 Å². The monoisotopic (exact) mass is 255 g/mol. The van der Waals surface area contributed by atoms with Crippen LogP contribution in [0.3, 0.4) is 0 Å². The summed E-state index contributed by atoms with van der Waals surface area (Å²) in [5, 5.41) is 9.66. The molecule has 2 N–H and O–H groups in total. The Balaban J connectivity index is 1.92. The lowest BCUT2D eigenvalue weighted by atomic mass is 10.1. The highest BCUT2D eigenvalue weighted by Crippen LogP contribution is 2.31. The van der Waals surface area contributed by atoms with E-state index in [1.54, 1.807) is 6.20 Å². The molecule has 0 unspecified atom stereocenters. The van der Waals surface area contributed by atoms with Gasteiger partial charge in [0.15, 0.2) is 0 Å². The van der Waals surface area contributed by atoms with Crippen molar-refractivity contribution in [3.8, 4) is 0 Å². The number of rotatable bonds is 2. The van der Waals surface area contributed by atoms with Crippen molar-refractivity contribution in [3.63, 3.8) is 0 Å². The number of hydrogen-bond acceptors (Lipinski definition) is 4. The van der Waals surface area contributed by atoms with Gasteiger partial charge in [0.25, 0.3) is 5.91 Å². The fourth-order valence-electron chi connectivity index (χ4n) is 1.97. The summed E-state index contributed by atoms with van der Waals surface area (Å²) < 4.78 is 5.14. The molecule has 0 radical (unpaired) electrons. The molecular formula is C14H13N3O2. The molecule has 2 heterocycles. The minimum absolute atomic E-state index is 0.123. The van der Waals surface area contributed by atoms with E-state index in [-0.39, 0.29) is 5.91 Å². The molecule has 1 amide bonds. The van der Waals surface area contributed by atoms with Gasteiger partial charge >= 0.3 is 0 Å². The van der Waals surface area contributed by atoms with Gasteiger partial charge in [-0.1, -0.05) is 23.4 Å². The standard InChI is InChI=1S/C14H13N3O2/c1-8-9(2)17-19-14(8)15-7-11-10-5-3-4-6-12(10)16-13(11)18/h3-7,15H,1-2H3,(H,16,18). The summed E-state index contributed by atoms with van der Waals surface area (Å²) in [6.45, 7) is 3.78. The summed E-state index contributed by atoms with van der Waals surface area (Å²) in [4.78, 5) is 11.9. The van der Waals surface area contributed by atoms with E-state index in [0.717, 1.165) is 22.5 Å². The number of fused-ring (bicyclic) bond motifs is 1. The van der Waals surface area contributed by atoms with Crippen LogP contribution in [-0.4, -0.2) is 11.1 Å². The van der Waals surface area contributed by atoms with Gasteiger partial charge in [-0.15, -0.1) is 0 Å². The number of aryl methyl sites for hydroxylation is 1. The minimum atomic E-state index is -0.123. The predicted molar refractivity (Wildman–Crippen MR) is 72.6 cm³/mol. The number of aromatic nitrogens is 1. The van der Waals surface area contributed by atoms with Gasteiger partial charge in [0.2, 0.25) is 5.88 Å². The zero-order valence-electron chi connectivity index (χ0n) is 10.7. The summed E-state index contributed by atoms with van der Waals surface area (Å²) in [5.41, 5.74) is 4.06. The molecule has 2 aromatic rings. The molecule has 3 rings (SSSR count). The van der Waals surface area contributed by atoms with Crippen molar-refractivity contribution in [2.24, 2.45) is 0 Å². The third-order valence-corrected chi connectivity index (χ3v) is 3.21. The molecular weight excluding hydrogens is 242 g/mol. The Labute approximate surface area is 110 Å². The Morgan fingerprint density at radius 2 is 2.11 bits per heavy atom. The fourth-order valence-corrected chi connectivity index (χ4v) is 1.97. The first-order valence-electron chi connectivity index (χ1n) is 5.97. The second-order valence-corrected chi connectivity index (χ2v) is 4.42. The largest absolute Gasteiger partial charge is 0.338 e. The Hall–Kier alpha value is -2.56. The van der Waals surface area contributed by atoms with Gasteiger partial charge in [0.05, 0.1) is 11.3 Å². The molecule has 0 saturated carbocycles. The molecule has 0 aliphatic carbocycles. The molecule has 1 aliphatic heterocycles. The first-order valence-corrected chi connectivity index (χ1v) is 5.97. The van der Waals surface area contributed by atoms with Crippen LogP contribution in [-0.2, 0) is 4.79 Å². The van der Waals surface area contributed by atoms with Crippen molar-refractivity contribution in [1.82, 2.24) is 5.16 Å². The molecule has 1 aromatic carbocycles. The van der Waals surface area contributed by atoms with Crippen LogP contribution in [0.2, 0.25) is 0 Å². The smallest absolute Gasteiger partial charge is 0.257 e. The van der Waals surface area contributed by atoms with E-state index in [4.69, 9.17) is 4.52 Å². The SMILES string of the molecule is Cc1noc(NC=C2C(=O)Nc3ccccc32)c1C. The van der Waals surface area contributed by atoms with Crippen LogP contribution in [0.4, 0.5) is 11.6 Å². The van der Waals surface area contributed by atoms with E-state index in [0.29, 0.717) is 11.5 Å². The van der Waals surface area contributed by atoms with Gasteiger partial charge in [0.1, 0.15) is 0 Å². The Bertz CT molecular complexity index is 686. The van der Waals surface area contributed by atoms with Crippen molar-refractivity contribution < 1.29 is 9.32 Å². The Morgan fingerprint density at radius 1 is 1.32 bits per heavy atom. The Kier molecular flexibility index (Phi) is 2.59. The molecule has 0 spiro atoms. The van der Waals surface area contributed by atoms with Crippen LogP contribution in [0.15, 0.2) is 35.0 Å². The number of nitrogens with one attached hydrogen (secondary N) is 2. The fraction of sp³-hybridized carbons (Fsp3) is 0.143. The second-order valence-electron chi connectivity index (χ2n) is 4.42. The highest BCUT2D eigenvalue weighted by molar-refractivity contribution is 6.31. The topological polar surface area (TPSA) is 67.2 Å². The molecule has 5 nitrogen and oxygen atoms in total. The van der Waals surface area contributed by atoms with Crippen LogP contribution in [0.25, 0.3) is 5.57 Å². The Morgan fingerprint density at radius 3 is 2.84 bits per heavy atom. The van der Waals surface area contributed by atoms with E-state index in [9.17, 15) is 4.79 Å². The van der Waals surface area contributed by atoms with Crippen molar-refractivity contribution in [3.05, 3.63) is 47.3 Å². The summed E-state index contributed by atoms with van der Waals surface area (Å²) >= 11 is 0. The molecule has 1 aromatic heterocycles. The molecule has 1 aliphatic rings. The van der Waals surface area contributed by atoms with E-state index in [1.807, 2.05) is 38.1 Å². The zero-order chi connectivity index (χ0) is 13.4. The second kappa shape index (κ2) is 4.28. The number of carbonyl (C=O) groups is 1. The number of benzene rings is 1. The van der Waals surface area contributed by atoms with Crippen molar-refractivity contribution in [1.29, 1.82) is 0 Å². The minimum Gasteiger partial charge on any atom is -0.338 e. The lowest BCUT2D eigenvalue weighted by Gasteiger charge is -1.99. The molecule has 0 fully saturated rings. The number of hydrogen-bond donors (Lipinski definition) is 2. The molecule has 5 heteroatoms. The van der Waals surface area contributed by atoms with Crippen LogP contribution in [0, 0.1) is 13.8 Å². The van der Waals surface area contributed by atoms with Crippen molar-refractivity contribution in [2.75, 3.05) is 10.6 Å². The number of nitrogens with zero attached hydrogens (tertiary/aromatic N) is 1. The van der Waals surface area contributed by atoms with Crippen LogP contribution in [0.1, 0.15) is 16.8 Å². The maximum Gasteiger partial charge on any atom is 0.257 e. The third-order valence-electron chi connectivity index (χ3n) is 3.21. The van der Waals surface area contributed by atoms with Gasteiger partial charge in [0, 0.05) is 23.0 Å². The quantitative estimate of drug-likeness (QED) is 0.810. The normalized spacial score (nSPS) is 15.5. The van der Waals surface area contributed by atoms with Gasteiger partial charge in [-0.05, 0) is 19.9 Å². The summed E-state index contributed by atoms with van der Waals surface area (Å²) in [6.07, 6.45) is 1.65. The van der Waals surface area contributed by atoms with Gasteiger partial charge in [-0.3, -0.25) is 4.79 Å². The highest BCUT2D eigenvalue weighted by Gasteiger charge is 2.23. The number of para-hydroxylation sites is 1. The van der Waals surface area contributed by atoms with Gasteiger partial charge in [-0.25, -0.2) is 0 Å². The summed E-state index contributed by atoms with van der Waals surface area (Å²) in [7, 11) is 0. The molecule has 0 bridgehead atoms. The van der Waals surface area contributed by atoms with Crippen LogP contribution >= 0.6 is 0 Å². The molecule has 96 valence electrons.